The highest BCUT2D eigenvalue weighted by molar-refractivity contribution is 9.10. The van der Waals surface area contributed by atoms with Gasteiger partial charge in [0.25, 0.3) is 0 Å². The summed E-state index contributed by atoms with van der Waals surface area (Å²) in [5.74, 6) is -0.289. The average Bonchev–Trinajstić information content (AvgIpc) is 2.70. The Labute approximate surface area is 198 Å². The van der Waals surface area contributed by atoms with Crippen molar-refractivity contribution < 1.29 is 13.2 Å². The molecule has 0 amide bonds. The Morgan fingerprint density at radius 3 is 2.62 bits per heavy atom. The summed E-state index contributed by atoms with van der Waals surface area (Å²) in [7, 11) is -3.57. The van der Waals surface area contributed by atoms with E-state index in [1.807, 2.05) is 6.92 Å². The smallest absolute Gasteiger partial charge is 0.232 e. The fourth-order valence-corrected chi connectivity index (χ4v) is 6.21. The van der Waals surface area contributed by atoms with Crippen LogP contribution < -0.4 is 15.8 Å². The summed E-state index contributed by atoms with van der Waals surface area (Å²) in [5.41, 5.74) is 9.91. The number of ketones is 1. The van der Waals surface area contributed by atoms with Gasteiger partial charge >= 0.3 is 0 Å². The van der Waals surface area contributed by atoms with Crippen molar-refractivity contribution in [3.63, 3.8) is 0 Å². The van der Waals surface area contributed by atoms with E-state index in [1.54, 1.807) is 19.1 Å². The standard InChI is InChI=1S/C23H29BrN4O3S/c1-4-6-14-8-18-22(20(29)9-14)21(16(12-25)13(3)27-18)15-10-17(24)23(26)19(11-15)28-32(30,31)7-5-2/h10-11,14,21,27-28H,4-9,26H2,1-3H3. The second kappa shape index (κ2) is 9.67. The van der Waals surface area contributed by atoms with Crippen molar-refractivity contribution in [2.75, 3.05) is 16.2 Å². The van der Waals surface area contributed by atoms with Crippen molar-refractivity contribution >= 4 is 43.1 Å². The van der Waals surface area contributed by atoms with Gasteiger partial charge in [0.05, 0.1) is 34.7 Å². The lowest BCUT2D eigenvalue weighted by atomic mass is 9.72. The Morgan fingerprint density at radius 2 is 2.00 bits per heavy atom. The highest BCUT2D eigenvalue weighted by Crippen LogP contribution is 2.45. The van der Waals surface area contributed by atoms with Gasteiger partial charge in [-0.25, -0.2) is 8.42 Å². The zero-order valence-electron chi connectivity index (χ0n) is 18.6. The predicted octanol–water partition coefficient (Wildman–Crippen LogP) is 4.70. The molecule has 1 aliphatic carbocycles. The van der Waals surface area contributed by atoms with Crippen LogP contribution in [0.4, 0.5) is 11.4 Å². The number of hydrogen-bond donors (Lipinski definition) is 3. The summed E-state index contributed by atoms with van der Waals surface area (Å²) in [5, 5.41) is 13.2. The Kier molecular flexibility index (Phi) is 7.36. The lowest BCUT2D eigenvalue weighted by molar-refractivity contribution is -0.117. The van der Waals surface area contributed by atoms with Crippen molar-refractivity contribution in [1.29, 1.82) is 5.26 Å². The number of nitrogen functional groups attached to an aromatic ring is 1. The number of rotatable bonds is 7. The number of halogens is 1. The van der Waals surface area contributed by atoms with E-state index in [1.165, 1.54) is 0 Å². The topological polar surface area (TPSA) is 125 Å². The van der Waals surface area contributed by atoms with Crippen LogP contribution >= 0.6 is 15.9 Å². The fourth-order valence-electron chi connectivity index (χ4n) is 4.59. The molecule has 172 valence electrons. The van der Waals surface area contributed by atoms with E-state index in [0.717, 1.165) is 25.0 Å². The lowest BCUT2D eigenvalue weighted by Gasteiger charge is -2.35. The van der Waals surface area contributed by atoms with Gasteiger partial charge in [-0.2, -0.15) is 5.26 Å². The number of nitrogens with two attached hydrogens (primary N) is 1. The van der Waals surface area contributed by atoms with Crippen LogP contribution in [-0.2, 0) is 14.8 Å². The Morgan fingerprint density at radius 1 is 1.28 bits per heavy atom. The molecule has 0 saturated carbocycles. The molecule has 1 aliphatic heterocycles. The molecule has 2 aliphatic rings. The average molecular weight is 521 g/mol. The van der Waals surface area contributed by atoms with Crippen LogP contribution in [0, 0.1) is 17.2 Å². The molecule has 2 unspecified atom stereocenters. The molecule has 0 saturated heterocycles. The van der Waals surface area contributed by atoms with Crippen LogP contribution in [0.15, 0.2) is 39.1 Å². The van der Waals surface area contributed by atoms with Crippen molar-refractivity contribution in [2.24, 2.45) is 5.92 Å². The molecule has 0 bridgehead atoms. The van der Waals surface area contributed by atoms with Crippen LogP contribution in [-0.4, -0.2) is 20.0 Å². The number of dihydropyridines is 1. The number of nitriles is 1. The summed E-state index contributed by atoms with van der Waals surface area (Å²) in [6, 6.07) is 5.67. The molecule has 9 heteroatoms. The molecule has 2 atom stereocenters. The first-order valence-corrected chi connectivity index (χ1v) is 13.3. The number of carbonyl (C=O) groups excluding carboxylic acids is 1. The second-order valence-electron chi connectivity index (χ2n) is 8.47. The quantitative estimate of drug-likeness (QED) is 0.447. The molecule has 1 aromatic carbocycles. The number of hydrogen-bond acceptors (Lipinski definition) is 6. The summed E-state index contributed by atoms with van der Waals surface area (Å²) in [4.78, 5) is 13.2. The van der Waals surface area contributed by atoms with Gasteiger partial charge in [0.1, 0.15) is 0 Å². The maximum Gasteiger partial charge on any atom is 0.232 e. The third-order valence-electron chi connectivity index (χ3n) is 5.95. The predicted molar refractivity (Wildman–Crippen MR) is 130 cm³/mol. The molecule has 3 rings (SSSR count). The van der Waals surface area contributed by atoms with Gasteiger partial charge in [-0.05, 0) is 65.7 Å². The van der Waals surface area contributed by atoms with E-state index in [9.17, 15) is 18.5 Å². The van der Waals surface area contributed by atoms with Crippen LogP contribution in [0.25, 0.3) is 0 Å². The fraction of sp³-hybridized carbons (Fsp3) is 0.478. The van der Waals surface area contributed by atoms with E-state index in [4.69, 9.17) is 5.73 Å². The number of nitrogens with one attached hydrogen (secondary N) is 2. The van der Waals surface area contributed by atoms with Crippen molar-refractivity contribution in [2.45, 2.75) is 58.8 Å². The number of carbonyl (C=O) groups is 1. The van der Waals surface area contributed by atoms with Crippen molar-refractivity contribution in [1.82, 2.24) is 5.32 Å². The first-order valence-electron chi connectivity index (χ1n) is 10.8. The summed E-state index contributed by atoms with van der Waals surface area (Å²) in [6.45, 7) is 5.73. The van der Waals surface area contributed by atoms with Gasteiger partial charge in [0.15, 0.2) is 5.78 Å². The zero-order chi connectivity index (χ0) is 23.6. The molecule has 0 aromatic heterocycles. The van der Waals surface area contributed by atoms with Crippen molar-refractivity contribution in [3.8, 4) is 6.07 Å². The molecule has 0 fully saturated rings. The van der Waals surface area contributed by atoms with Gasteiger partial charge < -0.3 is 11.1 Å². The van der Waals surface area contributed by atoms with Crippen LogP contribution in [0.2, 0.25) is 0 Å². The number of Topliss-reactive ketones (excluding diaryl/α,β-unsaturated/α-hetero) is 1. The monoisotopic (exact) mass is 520 g/mol. The summed E-state index contributed by atoms with van der Waals surface area (Å²) < 4.78 is 27.8. The molecule has 0 spiro atoms. The number of sulfonamides is 1. The Hall–Kier alpha value is -2.31. The first-order chi connectivity index (χ1) is 15.1. The minimum absolute atomic E-state index is 0.0310. The normalized spacial score (nSPS) is 21.2. The Balaban J connectivity index is 2.14. The van der Waals surface area contributed by atoms with E-state index in [0.29, 0.717) is 39.7 Å². The minimum atomic E-state index is -3.57. The molecule has 4 N–H and O–H groups in total. The largest absolute Gasteiger partial charge is 0.396 e. The number of nitrogens with zero attached hydrogens (tertiary/aromatic N) is 1. The maximum absolute atomic E-state index is 13.2. The van der Waals surface area contributed by atoms with Crippen LogP contribution in [0.1, 0.15) is 64.4 Å². The number of benzene rings is 1. The Bertz CT molecular complexity index is 1150. The zero-order valence-corrected chi connectivity index (χ0v) is 21.0. The van der Waals surface area contributed by atoms with Gasteiger partial charge in [-0.3, -0.25) is 9.52 Å². The first kappa shape index (κ1) is 24.3. The molecule has 1 aromatic rings. The van der Waals surface area contributed by atoms with Gasteiger partial charge in [-0.15, -0.1) is 0 Å². The lowest BCUT2D eigenvalue weighted by Crippen LogP contribution is -2.34. The van der Waals surface area contributed by atoms with E-state index >= 15 is 0 Å². The van der Waals surface area contributed by atoms with E-state index < -0.39 is 15.9 Å². The van der Waals surface area contributed by atoms with E-state index in [2.05, 4.69) is 39.0 Å². The van der Waals surface area contributed by atoms with Crippen LogP contribution in [0.3, 0.4) is 0 Å². The highest BCUT2D eigenvalue weighted by atomic mass is 79.9. The number of anilines is 2. The molecular weight excluding hydrogens is 492 g/mol. The van der Waals surface area contributed by atoms with Crippen LogP contribution in [0.5, 0.6) is 0 Å². The second-order valence-corrected chi connectivity index (χ2v) is 11.2. The summed E-state index contributed by atoms with van der Waals surface area (Å²) >= 11 is 3.42. The molecular formula is C23H29BrN4O3S. The summed E-state index contributed by atoms with van der Waals surface area (Å²) in [6.07, 6.45) is 3.66. The van der Waals surface area contributed by atoms with Crippen molar-refractivity contribution in [3.05, 3.63) is 44.7 Å². The van der Waals surface area contributed by atoms with Gasteiger partial charge in [0, 0.05) is 27.9 Å². The third kappa shape index (κ3) is 4.86. The molecule has 7 nitrogen and oxygen atoms in total. The maximum atomic E-state index is 13.2. The third-order valence-corrected chi connectivity index (χ3v) is 8.09. The SMILES string of the molecule is CCCC1CC(=O)C2=C(C1)NC(C)=C(C#N)C2c1cc(Br)c(N)c(NS(=O)(=O)CCC)c1. The molecule has 0 radical (unpaired) electrons. The van der Waals surface area contributed by atoms with Gasteiger partial charge in [-0.1, -0.05) is 20.3 Å². The molecule has 1 heterocycles. The van der Waals surface area contributed by atoms with Gasteiger partial charge in [0.2, 0.25) is 10.0 Å². The molecule has 32 heavy (non-hydrogen) atoms. The number of allylic oxidation sites excluding steroid dienone is 4. The van der Waals surface area contributed by atoms with E-state index in [-0.39, 0.29) is 28.8 Å². The highest BCUT2D eigenvalue weighted by Gasteiger charge is 2.38. The minimum Gasteiger partial charge on any atom is -0.396 e.